The van der Waals surface area contributed by atoms with Gasteiger partial charge in [0, 0.05) is 24.9 Å². The lowest BCUT2D eigenvalue weighted by Crippen LogP contribution is -2.50. The van der Waals surface area contributed by atoms with Crippen molar-refractivity contribution < 1.29 is 9.32 Å². The van der Waals surface area contributed by atoms with Crippen LogP contribution in [0.25, 0.3) is 0 Å². The second-order valence-electron chi connectivity index (χ2n) is 4.34. The third kappa shape index (κ3) is 2.79. The van der Waals surface area contributed by atoms with Crippen LogP contribution in [-0.4, -0.2) is 28.1 Å². The average Bonchev–Trinajstić information content (AvgIpc) is 2.68. The van der Waals surface area contributed by atoms with E-state index in [0.29, 0.717) is 25.2 Å². The Hall–Kier alpha value is -1.43. The molecule has 0 spiro atoms. The van der Waals surface area contributed by atoms with Crippen LogP contribution in [0.15, 0.2) is 10.9 Å². The summed E-state index contributed by atoms with van der Waals surface area (Å²) in [5, 5.41) is 6.46. The predicted octanol–water partition coefficient (Wildman–Crippen LogP) is -0.000200. The molecule has 1 aliphatic rings. The Labute approximate surface area is 93.6 Å². The number of rotatable bonds is 5. The molecule has 6 heteroatoms. The Morgan fingerprint density at radius 1 is 1.62 bits per heavy atom. The highest BCUT2D eigenvalue weighted by molar-refractivity contribution is 5.77. The highest BCUT2D eigenvalue weighted by atomic mass is 16.5. The maximum atomic E-state index is 11.5. The number of carbonyl (C=O) groups is 1. The fraction of sp³-hybridized carbons (Fsp3) is 0.700. The Bertz CT molecular complexity index is 346. The molecule has 0 aliphatic heterocycles. The molecule has 1 aliphatic carbocycles. The third-order valence-corrected chi connectivity index (χ3v) is 2.94. The monoisotopic (exact) mass is 224 g/mol. The Balaban J connectivity index is 1.64. The second kappa shape index (κ2) is 4.61. The number of nitrogens with zero attached hydrogens (tertiary/aromatic N) is 2. The van der Waals surface area contributed by atoms with Gasteiger partial charge in [0.2, 0.25) is 12.3 Å². The molecule has 0 saturated heterocycles. The zero-order valence-electron chi connectivity index (χ0n) is 9.11. The predicted molar refractivity (Wildman–Crippen MR) is 56.4 cm³/mol. The van der Waals surface area contributed by atoms with Crippen LogP contribution in [0.5, 0.6) is 0 Å². The molecule has 0 bridgehead atoms. The first-order valence-electron chi connectivity index (χ1n) is 5.49. The minimum Gasteiger partial charge on any atom is -0.356 e. The Morgan fingerprint density at radius 2 is 2.44 bits per heavy atom. The standard InChI is InChI=1S/C10H16N4O2/c11-10(3-1-4-10)6-9(15)12-5-2-8-13-7-16-14-8/h7H,1-6,11H2,(H,12,15). The molecule has 1 saturated carbocycles. The molecular formula is C10H16N4O2. The maximum Gasteiger partial charge on any atom is 0.221 e. The van der Waals surface area contributed by atoms with Crippen LogP contribution in [0.3, 0.4) is 0 Å². The number of aromatic nitrogens is 2. The zero-order chi connectivity index (χ0) is 11.4. The van der Waals surface area contributed by atoms with Crippen molar-refractivity contribution in [3.8, 4) is 0 Å². The summed E-state index contributed by atoms with van der Waals surface area (Å²) >= 11 is 0. The lowest BCUT2D eigenvalue weighted by molar-refractivity contribution is -0.122. The molecule has 6 nitrogen and oxygen atoms in total. The van der Waals surface area contributed by atoms with Crippen molar-refractivity contribution in [2.24, 2.45) is 5.73 Å². The van der Waals surface area contributed by atoms with Crippen LogP contribution < -0.4 is 11.1 Å². The van der Waals surface area contributed by atoms with Crippen LogP contribution in [0.1, 0.15) is 31.5 Å². The van der Waals surface area contributed by atoms with Gasteiger partial charge in [-0.15, -0.1) is 0 Å². The number of nitrogens with one attached hydrogen (secondary N) is 1. The molecule has 1 amide bonds. The topological polar surface area (TPSA) is 94.0 Å². The van der Waals surface area contributed by atoms with E-state index in [-0.39, 0.29) is 11.4 Å². The molecule has 0 aromatic carbocycles. The van der Waals surface area contributed by atoms with E-state index in [2.05, 4.69) is 20.0 Å². The van der Waals surface area contributed by atoms with E-state index in [4.69, 9.17) is 5.73 Å². The van der Waals surface area contributed by atoms with E-state index in [1.165, 1.54) is 6.39 Å². The highest BCUT2D eigenvalue weighted by Crippen LogP contribution is 2.31. The van der Waals surface area contributed by atoms with Crippen molar-refractivity contribution in [2.45, 2.75) is 37.6 Å². The lowest BCUT2D eigenvalue weighted by atomic mass is 9.75. The largest absolute Gasteiger partial charge is 0.356 e. The lowest BCUT2D eigenvalue weighted by Gasteiger charge is -2.37. The van der Waals surface area contributed by atoms with Crippen molar-refractivity contribution in [2.75, 3.05) is 6.54 Å². The molecule has 1 aromatic heterocycles. The van der Waals surface area contributed by atoms with Gasteiger partial charge >= 0.3 is 0 Å². The normalized spacial score (nSPS) is 17.8. The van der Waals surface area contributed by atoms with E-state index < -0.39 is 0 Å². The van der Waals surface area contributed by atoms with E-state index in [1.54, 1.807) is 0 Å². The van der Waals surface area contributed by atoms with E-state index in [1.807, 2.05) is 0 Å². The molecule has 16 heavy (non-hydrogen) atoms. The fourth-order valence-electron chi connectivity index (χ4n) is 1.81. The first-order valence-corrected chi connectivity index (χ1v) is 5.49. The van der Waals surface area contributed by atoms with Gasteiger partial charge in [-0.3, -0.25) is 4.79 Å². The van der Waals surface area contributed by atoms with Gasteiger partial charge in [0.25, 0.3) is 0 Å². The maximum absolute atomic E-state index is 11.5. The minimum absolute atomic E-state index is 0.00527. The summed E-state index contributed by atoms with van der Waals surface area (Å²) in [5.41, 5.74) is 5.72. The van der Waals surface area contributed by atoms with Gasteiger partial charge < -0.3 is 15.6 Å². The third-order valence-electron chi connectivity index (χ3n) is 2.94. The molecule has 0 unspecified atom stereocenters. The summed E-state index contributed by atoms with van der Waals surface area (Å²) in [6.45, 7) is 0.522. The number of amides is 1. The van der Waals surface area contributed by atoms with Crippen molar-refractivity contribution in [1.29, 1.82) is 0 Å². The Morgan fingerprint density at radius 3 is 3.00 bits per heavy atom. The summed E-state index contributed by atoms with van der Waals surface area (Å²) in [6.07, 6.45) is 5.31. The zero-order valence-corrected chi connectivity index (χ0v) is 9.11. The Kier molecular flexibility index (Phi) is 3.19. The smallest absolute Gasteiger partial charge is 0.221 e. The van der Waals surface area contributed by atoms with E-state index >= 15 is 0 Å². The molecule has 1 fully saturated rings. The molecule has 0 atom stereocenters. The first kappa shape index (κ1) is 11.1. The van der Waals surface area contributed by atoms with Gasteiger partial charge in [0.1, 0.15) is 0 Å². The van der Waals surface area contributed by atoms with E-state index in [9.17, 15) is 4.79 Å². The summed E-state index contributed by atoms with van der Waals surface area (Å²) in [5.74, 6) is 0.608. The van der Waals surface area contributed by atoms with Gasteiger partial charge in [-0.1, -0.05) is 5.16 Å². The molecule has 88 valence electrons. The van der Waals surface area contributed by atoms with Crippen molar-refractivity contribution >= 4 is 5.91 Å². The minimum atomic E-state index is -0.254. The fourth-order valence-corrected chi connectivity index (χ4v) is 1.81. The molecule has 1 aromatic rings. The van der Waals surface area contributed by atoms with Crippen molar-refractivity contribution in [3.05, 3.63) is 12.2 Å². The van der Waals surface area contributed by atoms with Crippen LogP contribution >= 0.6 is 0 Å². The second-order valence-corrected chi connectivity index (χ2v) is 4.34. The molecule has 0 radical (unpaired) electrons. The summed E-state index contributed by atoms with van der Waals surface area (Å²) in [6, 6.07) is 0. The number of carbonyl (C=O) groups excluding carboxylic acids is 1. The van der Waals surface area contributed by atoms with Crippen molar-refractivity contribution in [1.82, 2.24) is 15.5 Å². The van der Waals surface area contributed by atoms with Gasteiger partial charge in [0.15, 0.2) is 5.82 Å². The van der Waals surface area contributed by atoms with Crippen LogP contribution in [0.4, 0.5) is 0 Å². The average molecular weight is 224 g/mol. The number of hydrogen-bond donors (Lipinski definition) is 2. The molecule has 2 rings (SSSR count). The van der Waals surface area contributed by atoms with Gasteiger partial charge in [-0.05, 0) is 19.3 Å². The summed E-state index contributed by atoms with van der Waals surface area (Å²) in [7, 11) is 0. The summed E-state index contributed by atoms with van der Waals surface area (Å²) < 4.78 is 4.59. The van der Waals surface area contributed by atoms with Gasteiger partial charge in [-0.2, -0.15) is 4.98 Å². The molecular weight excluding hydrogens is 208 g/mol. The quantitative estimate of drug-likeness (QED) is 0.734. The first-order chi connectivity index (χ1) is 7.68. The summed E-state index contributed by atoms with van der Waals surface area (Å²) in [4.78, 5) is 15.4. The molecule has 1 heterocycles. The number of nitrogens with two attached hydrogens (primary N) is 1. The van der Waals surface area contributed by atoms with E-state index in [0.717, 1.165) is 19.3 Å². The van der Waals surface area contributed by atoms with Crippen LogP contribution in [0, 0.1) is 0 Å². The number of hydrogen-bond acceptors (Lipinski definition) is 5. The highest BCUT2D eigenvalue weighted by Gasteiger charge is 2.34. The van der Waals surface area contributed by atoms with Gasteiger partial charge in [0.05, 0.1) is 0 Å². The van der Waals surface area contributed by atoms with Crippen molar-refractivity contribution in [3.63, 3.8) is 0 Å². The molecule has 3 N–H and O–H groups in total. The van der Waals surface area contributed by atoms with Crippen LogP contribution in [-0.2, 0) is 11.2 Å². The SMILES string of the molecule is NC1(CC(=O)NCCc2ncon2)CCC1. The van der Waals surface area contributed by atoms with Crippen LogP contribution in [0.2, 0.25) is 0 Å². The van der Waals surface area contributed by atoms with Gasteiger partial charge in [-0.25, -0.2) is 0 Å².